The summed E-state index contributed by atoms with van der Waals surface area (Å²) in [6.07, 6.45) is 0. The number of nitrogens with two attached hydrogens (primary N) is 1. The van der Waals surface area contributed by atoms with Gasteiger partial charge in [0.15, 0.2) is 11.5 Å². The molecule has 0 atom stereocenters. The average molecular weight is 362 g/mol. The zero-order chi connectivity index (χ0) is 18.0. The molecule has 0 saturated heterocycles. The molecule has 0 fully saturated rings. The molecule has 1 amide bonds. The fourth-order valence-corrected chi connectivity index (χ4v) is 2.30. The molecule has 3 aromatic rings. The smallest absolute Gasteiger partial charge is 0.280 e. The molecule has 0 radical (unpaired) electrons. The second kappa shape index (κ2) is 6.78. The van der Waals surface area contributed by atoms with Crippen LogP contribution in [0.25, 0.3) is 5.69 Å². The first-order chi connectivity index (χ1) is 12.0. The van der Waals surface area contributed by atoms with Gasteiger partial charge >= 0.3 is 0 Å². The fraction of sp³-hybridized carbons (Fsp3) is 0.0625. The Balaban J connectivity index is 1.87. The Labute approximate surface area is 147 Å². The molecule has 0 saturated carbocycles. The summed E-state index contributed by atoms with van der Waals surface area (Å²) in [7, 11) is 1.50. The SMILES string of the molecule is COc1ccc(Cl)c(NC(=O)c2nnn(-c3ccc(F)cc3)c2N)c1. The van der Waals surface area contributed by atoms with Crippen molar-refractivity contribution in [3.63, 3.8) is 0 Å². The van der Waals surface area contributed by atoms with Crippen LogP contribution in [0.2, 0.25) is 5.02 Å². The van der Waals surface area contributed by atoms with Gasteiger partial charge in [-0.1, -0.05) is 16.8 Å². The van der Waals surface area contributed by atoms with E-state index in [-0.39, 0.29) is 11.5 Å². The number of ether oxygens (including phenoxy) is 1. The van der Waals surface area contributed by atoms with Crippen molar-refractivity contribution in [1.82, 2.24) is 15.0 Å². The van der Waals surface area contributed by atoms with E-state index in [4.69, 9.17) is 22.1 Å². The third-order valence-corrected chi connectivity index (χ3v) is 3.74. The average Bonchev–Trinajstić information content (AvgIpc) is 2.99. The molecule has 3 N–H and O–H groups in total. The Kier molecular flexibility index (Phi) is 4.53. The lowest BCUT2D eigenvalue weighted by Crippen LogP contribution is -2.15. The summed E-state index contributed by atoms with van der Waals surface area (Å²) in [5.74, 6) is -0.431. The maximum Gasteiger partial charge on any atom is 0.280 e. The minimum absolute atomic E-state index is 0.0168. The van der Waals surface area contributed by atoms with Crippen LogP contribution in [0, 0.1) is 5.82 Å². The minimum Gasteiger partial charge on any atom is -0.497 e. The highest BCUT2D eigenvalue weighted by molar-refractivity contribution is 6.34. The van der Waals surface area contributed by atoms with Crippen LogP contribution in [0.5, 0.6) is 5.75 Å². The van der Waals surface area contributed by atoms with Crippen molar-refractivity contribution >= 4 is 29.0 Å². The predicted molar refractivity (Wildman–Crippen MR) is 91.7 cm³/mol. The van der Waals surface area contributed by atoms with Gasteiger partial charge < -0.3 is 15.8 Å². The molecular formula is C16H13ClFN5O2. The van der Waals surface area contributed by atoms with Crippen molar-refractivity contribution in [3.8, 4) is 11.4 Å². The van der Waals surface area contributed by atoms with E-state index in [2.05, 4.69) is 15.6 Å². The monoisotopic (exact) mass is 361 g/mol. The van der Waals surface area contributed by atoms with Crippen molar-refractivity contribution < 1.29 is 13.9 Å². The van der Waals surface area contributed by atoms with E-state index < -0.39 is 11.7 Å². The van der Waals surface area contributed by atoms with Crippen molar-refractivity contribution in [1.29, 1.82) is 0 Å². The summed E-state index contributed by atoms with van der Waals surface area (Å²) in [5.41, 5.74) is 6.69. The van der Waals surface area contributed by atoms with E-state index in [0.717, 1.165) is 0 Å². The first-order valence-corrected chi connectivity index (χ1v) is 7.49. The Hall–Kier alpha value is -3.13. The maximum atomic E-state index is 13.0. The van der Waals surface area contributed by atoms with Gasteiger partial charge in [-0.2, -0.15) is 4.68 Å². The molecule has 0 bridgehead atoms. The second-order valence-electron chi connectivity index (χ2n) is 5.01. The molecular weight excluding hydrogens is 349 g/mol. The van der Waals surface area contributed by atoms with Gasteiger partial charge in [0.2, 0.25) is 0 Å². The predicted octanol–water partition coefficient (Wildman–Crippen LogP) is 2.90. The quantitative estimate of drug-likeness (QED) is 0.745. The van der Waals surface area contributed by atoms with E-state index in [0.29, 0.717) is 22.1 Å². The van der Waals surface area contributed by atoms with Crippen LogP contribution >= 0.6 is 11.6 Å². The van der Waals surface area contributed by atoms with Crippen molar-refractivity contribution in [3.05, 3.63) is 59.0 Å². The number of methoxy groups -OCH3 is 1. The van der Waals surface area contributed by atoms with Crippen LogP contribution in [0.15, 0.2) is 42.5 Å². The highest BCUT2D eigenvalue weighted by Gasteiger charge is 2.19. The Bertz CT molecular complexity index is 927. The van der Waals surface area contributed by atoms with Gasteiger partial charge in [-0.05, 0) is 36.4 Å². The number of nitrogens with zero attached hydrogens (tertiary/aromatic N) is 3. The molecule has 0 aliphatic rings. The normalized spacial score (nSPS) is 10.5. The summed E-state index contributed by atoms with van der Waals surface area (Å²) < 4.78 is 19.3. The number of anilines is 2. The lowest BCUT2D eigenvalue weighted by Gasteiger charge is -2.08. The first kappa shape index (κ1) is 16.7. The lowest BCUT2D eigenvalue weighted by atomic mass is 10.2. The molecule has 1 heterocycles. The Morgan fingerprint density at radius 1 is 1.28 bits per heavy atom. The zero-order valence-corrected chi connectivity index (χ0v) is 13.8. The number of amides is 1. The standard InChI is InChI=1S/C16H13ClFN5O2/c1-25-11-6-7-12(17)13(8-11)20-16(24)14-15(19)23(22-21-14)10-4-2-9(18)3-5-10/h2-8H,19H2,1H3,(H,20,24). The highest BCUT2D eigenvalue weighted by atomic mass is 35.5. The number of halogens is 2. The summed E-state index contributed by atoms with van der Waals surface area (Å²) >= 11 is 6.06. The van der Waals surface area contributed by atoms with Gasteiger partial charge in [0.1, 0.15) is 11.6 Å². The zero-order valence-electron chi connectivity index (χ0n) is 13.0. The van der Waals surface area contributed by atoms with Crippen LogP contribution in [0.1, 0.15) is 10.5 Å². The summed E-state index contributed by atoms with van der Waals surface area (Å²) in [4.78, 5) is 12.4. The summed E-state index contributed by atoms with van der Waals surface area (Å²) in [6, 6.07) is 10.3. The number of carbonyl (C=O) groups is 1. The third-order valence-electron chi connectivity index (χ3n) is 3.41. The molecule has 0 unspecified atom stereocenters. The van der Waals surface area contributed by atoms with E-state index in [1.54, 1.807) is 18.2 Å². The molecule has 128 valence electrons. The lowest BCUT2D eigenvalue weighted by molar-refractivity contribution is 0.102. The van der Waals surface area contributed by atoms with E-state index in [1.807, 2.05) is 0 Å². The Morgan fingerprint density at radius 3 is 2.68 bits per heavy atom. The van der Waals surface area contributed by atoms with Crippen molar-refractivity contribution in [2.75, 3.05) is 18.2 Å². The first-order valence-electron chi connectivity index (χ1n) is 7.11. The van der Waals surface area contributed by atoms with E-state index in [9.17, 15) is 9.18 Å². The molecule has 3 rings (SSSR count). The number of aromatic nitrogens is 3. The van der Waals surface area contributed by atoms with Crippen LogP contribution in [0.4, 0.5) is 15.9 Å². The molecule has 25 heavy (non-hydrogen) atoms. The van der Waals surface area contributed by atoms with Gasteiger partial charge in [0.05, 0.1) is 23.5 Å². The fourth-order valence-electron chi connectivity index (χ4n) is 2.13. The van der Waals surface area contributed by atoms with Gasteiger partial charge in [-0.3, -0.25) is 4.79 Å². The highest BCUT2D eigenvalue weighted by Crippen LogP contribution is 2.27. The van der Waals surface area contributed by atoms with Gasteiger partial charge in [0, 0.05) is 6.07 Å². The molecule has 9 heteroatoms. The summed E-state index contributed by atoms with van der Waals surface area (Å²) in [5, 5.41) is 10.6. The molecule has 1 aromatic heterocycles. The number of nitrogens with one attached hydrogen (secondary N) is 1. The van der Waals surface area contributed by atoms with Crippen molar-refractivity contribution in [2.45, 2.75) is 0 Å². The molecule has 2 aromatic carbocycles. The maximum absolute atomic E-state index is 13.0. The van der Waals surface area contributed by atoms with Crippen LogP contribution in [-0.4, -0.2) is 28.0 Å². The summed E-state index contributed by atoms with van der Waals surface area (Å²) in [6.45, 7) is 0. The molecule has 0 spiro atoms. The number of carbonyl (C=O) groups excluding carboxylic acids is 1. The van der Waals surface area contributed by atoms with E-state index in [1.165, 1.54) is 36.1 Å². The van der Waals surface area contributed by atoms with Crippen LogP contribution in [-0.2, 0) is 0 Å². The Morgan fingerprint density at radius 2 is 2.00 bits per heavy atom. The topological polar surface area (TPSA) is 95.1 Å². The van der Waals surface area contributed by atoms with Gasteiger partial charge in [-0.25, -0.2) is 4.39 Å². The third kappa shape index (κ3) is 3.38. The number of benzene rings is 2. The van der Waals surface area contributed by atoms with Crippen molar-refractivity contribution in [2.24, 2.45) is 0 Å². The van der Waals surface area contributed by atoms with Crippen LogP contribution < -0.4 is 15.8 Å². The van der Waals surface area contributed by atoms with E-state index >= 15 is 0 Å². The number of hydrogen-bond donors (Lipinski definition) is 2. The number of hydrogen-bond acceptors (Lipinski definition) is 5. The largest absolute Gasteiger partial charge is 0.497 e. The van der Waals surface area contributed by atoms with Crippen LogP contribution in [0.3, 0.4) is 0 Å². The minimum atomic E-state index is -0.582. The second-order valence-corrected chi connectivity index (χ2v) is 5.42. The number of nitrogen functional groups attached to an aromatic ring is 1. The number of rotatable bonds is 4. The molecule has 0 aliphatic carbocycles. The van der Waals surface area contributed by atoms with Gasteiger partial charge in [0.25, 0.3) is 5.91 Å². The molecule has 7 nitrogen and oxygen atoms in total. The van der Waals surface area contributed by atoms with Gasteiger partial charge in [-0.15, -0.1) is 5.10 Å². The molecule has 0 aliphatic heterocycles.